The Hall–Kier alpha value is -1.75. The second-order valence-electron chi connectivity index (χ2n) is 7.22. The molecule has 1 aromatic rings. The number of benzene rings is 1. The summed E-state index contributed by atoms with van der Waals surface area (Å²) >= 11 is 1.50. The van der Waals surface area contributed by atoms with Gasteiger partial charge in [-0.3, -0.25) is 14.5 Å². The highest BCUT2D eigenvalue weighted by Gasteiger charge is 2.42. The Morgan fingerprint density at radius 3 is 2.15 bits per heavy atom. The van der Waals surface area contributed by atoms with E-state index in [9.17, 15) is 9.59 Å². The first-order valence-corrected chi connectivity index (χ1v) is 10.3. The van der Waals surface area contributed by atoms with Gasteiger partial charge < -0.3 is 4.74 Å². The quantitative estimate of drug-likeness (QED) is 0.557. The molecule has 1 saturated carbocycles. The maximum Gasteiger partial charge on any atom is 0.268 e. The van der Waals surface area contributed by atoms with Gasteiger partial charge in [-0.25, -0.2) is 0 Å². The smallest absolute Gasteiger partial charge is 0.268 e. The van der Waals surface area contributed by atoms with E-state index in [1.165, 1.54) is 24.6 Å². The van der Waals surface area contributed by atoms with Gasteiger partial charge in [-0.2, -0.15) is 0 Å². The highest BCUT2D eigenvalue weighted by atomic mass is 32.2. The van der Waals surface area contributed by atoms with Crippen LogP contribution in [0.3, 0.4) is 0 Å². The van der Waals surface area contributed by atoms with Crippen molar-refractivity contribution in [3.8, 4) is 5.75 Å². The molecular formula is C21H27NO3S. The molecule has 4 nitrogen and oxygen atoms in total. The Morgan fingerprint density at radius 1 is 1.00 bits per heavy atom. The molecule has 0 N–H and O–H groups in total. The number of imide groups is 1. The number of thioether (sulfide) groups is 1. The third kappa shape index (κ3) is 3.83. The highest BCUT2D eigenvalue weighted by molar-refractivity contribution is 8.04. The summed E-state index contributed by atoms with van der Waals surface area (Å²) in [6.07, 6.45) is 6.41. The monoisotopic (exact) mass is 373 g/mol. The number of hydrogen-bond donors (Lipinski definition) is 0. The van der Waals surface area contributed by atoms with Crippen LogP contribution in [0.2, 0.25) is 0 Å². The Bertz CT molecular complexity index is 700. The van der Waals surface area contributed by atoms with E-state index >= 15 is 0 Å². The van der Waals surface area contributed by atoms with Gasteiger partial charge in [-0.05, 0) is 30.5 Å². The third-order valence-electron chi connectivity index (χ3n) is 4.99. The molecule has 3 rings (SSSR count). The van der Waals surface area contributed by atoms with Gasteiger partial charge in [0, 0.05) is 11.3 Å². The summed E-state index contributed by atoms with van der Waals surface area (Å²) in [7, 11) is 1.62. The predicted molar refractivity (Wildman–Crippen MR) is 106 cm³/mol. The van der Waals surface area contributed by atoms with Gasteiger partial charge in [-0.15, -0.1) is 11.8 Å². The van der Waals surface area contributed by atoms with Crippen LogP contribution < -0.4 is 4.74 Å². The van der Waals surface area contributed by atoms with Crippen LogP contribution in [-0.4, -0.2) is 35.1 Å². The molecule has 2 amide bonds. The third-order valence-corrected chi connectivity index (χ3v) is 6.08. The molecule has 0 radical (unpaired) electrons. The van der Waals surface area contributed by atoms with E-state index in [4.69, 9.17) is 4.74 Å². The molecule has 0 bridgehead atoms. The zero-order valence-electron chi connectivity index (χ0n) is 15.8. The van der Waals surface area contributed by atoms with Crippen molar-refractivity contribution in [2.75, 3.05) is 7.11 Å². The van der Waals surface area contributed by atoms with Crippen molar-refractivity contribution in [1.82, 2.24) is 4.90 Å². The fourth-order valence-electron chi connectivity index (χ4n) is 3.73. The Balaban J connectivity index is 1.97. The van der Waals surface area contributed by atoms with Crippen LogP contribution in [0.5, 0.6) is 5.75 Å². The van der Waals surface area contributed by atoms with Crippen molar-refractivity contribution < 1.29 is 14.3 Å². The largest absolute Gasteiger partial charge is 0.497 e. The first kappa shape index (κ1) is 19.0. The van der Waals surface area contributed by atoms with Crippen LogP contribution in [0.1, 0.15) is 57.9 Å². The van der Waals surface area contributed by atoms with E-state index < -0.39 is 0 Å². The topological polar surface area (TPSA) is 46.6 Å². The van der Waals surface area contributed by atoms with Gasteiger partial charge in [0.15, 0.2) is 0 Å². The van der Waals surface area contributed by atoms with Gasteiger partial charge >= 0.3 is 0 Å². The minimum absolute atomic E-state index is 0.0380. The van der Waals surface area contributed by atoms with Crippen molar-refractivity contribution in [2.45, 2.75) is 63.7 Å². The summed E-state index contributed by atoms with van der Waals surface area (Å²) in [5.74, 6) is 0.506. The van der Waals surface area contributed by atoms with E-state index in [1.54, 1.807) is 12.0 Å². The molecule has 1 heterocycles. The van der Waals surface area contributed by atoms with Crippen LogP contribution in [0.15, 0.2) is 29.2 Å². The lowest BCUT2D eigenvalue weighted by molar-refractivity contribution is -0.139. The molecule has 0 saturated heterocycles. The summed E-state index contributed by atoms with van der Waals surface area (Å²) in [6, 6.07) is 7.46. The zero-order valence-corrected chi connectivity index (χ0v) is 16.6. The number of carbonyl (C=O) groups excluding carboxylic acids is 2. The number of nitrogens with zero attached hydrogens (tertiary/aromatic N) is 1. The van der Waals surface area contributed by atoms with E-state index in [0.29, 0.717) is 10.5 Å². The Morgan fingerprint density at radius 2 is 1.62 bits per heavy atom. The minimum atomic E-state index is -0.129. The fraction of sp³-hybridized carbons (Fsp3) is 0.524. The van der Waals surface area contributed by atoms with Crippen molar-refractivity contribution in [2.24, 2.45) is 0 Å². The molecule has 0 atom stereocenters. The normalized spacial score (nSPS) is 19.5. The van der Waals surface area contributed by atoms with Gasteiger partial charge in [0.2, 0.25) is 0 Å². The number of carbonyl (C=O) groups is 2. The SMILES string of the molecule is COc1ccc(C2=C(SC(C)C)C(=O)N(C3CCCCCC3)C2=O)cc1. The summed E-state index contributed by atoms with van der Waals surface area (Å²) in [6.45, 7) is 4.10. The second-order valence-corrected chi connectivity index (χ2v) is 8.81. The maximum absolute atomic E-state index is 13.3. The van der Waals surface area contributed by atoms with Crippen molar-refractivity contribution >= 4 is 29.1 Å². The maximum atomic E-state index is 13.3. The molecule has 0 unspecified atom stereocenters. The molecule has 5 heteroatoms. The molecule has 1 aromatic carbocycles. The average Bonchev–Trinajstić information content (AvgIpc) is 2.81. The lowest BCUT2D eigenvalue weighted by atomic mass is 10.0. The van der Waals surface area contributed by atoms with Crippen LogP contribution >= 0.6 is 11.8 Å². The summed E-state index contributed by atoms with van der Waals surface area (Å²) in [5, 5.41) is 0.240. The predicted octanol–water partition coefficient (Wildman–Crippen LogP) is 4.64. The van der Waals surface area contributed by atoms with Crippen molar-refractivity contribution in [3.63, 3.8) is 0 Å². The van der Waals surface area contributed by atoms with Crippen molar-refractivity contribution in [1.29, 1.82) is 0 Å². The van der Waals surface area contributed by atoms with Crippen molar-refractivity contribution in [3.05, 3.63) is 34.7 Å². The minimum Gasteiger partial charge on any atom is -0.497 e. The van der Waals surface area contributed by atoms with E-state index in [-0.39, 0.29) is 23.1 Å². The summed E-state index contributed by atoms with van der Waals surface area (Å²) in [5.41, 5.74) is 1.35. The van der Waals surface area contributed by atoms with Crippen LogP contribution in [0.25, 0.3) is 5.57 Å². The summed E-state index contributed by atoms with van der Waals surface area (Å²) < 4.78 is 5.22. The van der Waals surface area contributed by atoms with Crippen LogP contribution in [-0.2, 0) is 9.59 Å². The number of hydrogen-bond acceptors (Lipinski definition) is 4. The van der Waals surface area contributed by atoms with Gasteiger partial charge in [0.05, 0.1) is 17.6 Å². The number of ether oxygens (including phenoxy) is 1. The lowest BCUT2D eigenvalue weighted by Crippen LogP contribution is -2.40. The first-order valence-electron chi connectivity index (χ1n) is 9.46. The van der Waals surface area contributed by atoms with Crippen LogP contribution in [0.4, 0.5) is 0 Å². The number of methoxy groups -OCH3 is 1. The molecule has 1 aliphatic heterocycles. The average molecular weight is 374 g/mol. The Kier molecular flexibility index (Phi) is 6.07. The van der Waals surface area contributed by atoms with Gasteiger partial charge in [0.1, 0.15) is 5.75 Å². The zero-order chi connectivity index (χ0) is 18.7. The van der Waals surface area contributed by atoms with E-state index in [1.807, 2.05) is 24.3 Å². The van der Waals surface area contributed by atoms with Gasteiger partial charge in [0.25, 0.3) is 11.8 Å². The lowest BCUT2D eigenvalue weighted by Gasteiger charge is -2.25. The highest BCUT2D eigenvalue weighted by Crippen LogP contribution is 2.40. The number of amides is 2. The van der Waals surface area contributed by atoms with Gasteiger partial charge in [-0.1, -0.05) is 51.7 Å². The summed E-state index contributed by atoms with van der Waals surface area (Å²) in [4.78, 5) is 28.6. The number of rotatable bonds is 5. The molecule has 26 heavy (non-hydrogen) atoms. The van der Waals surface area contributed by atoms with E-state index in [0.717, 1.165) is 37.0 Å². The first-order chi connectivity index (χ1) is 12.5. The Labute approximate surface area is 160 Å². The molecule has 1 aliphatic carbocycles. The molecular weight excluding hydrogens is 346 g/mol. The fourth-order valence-corrected chi connectivity index (χ4v) is 4.72. The molecule has 0 spiro atoms. The molecule has 1 fully saturated rings. The molecule has 140 valence electrons. The van der Waals surface area contributed by atoms with E-state index in [2.05, 4.69) is 13.8 Å². The molecule has 0 aromatic heterocycles. The van der Waals surface area contributed by atoms with Crippen LogP contribution in [0, 0.1) is 0 Å². The molecule has 2 aliphatic rings. The second kappa shape index (κ2) is 8.30. The standard InChI is InChI=1S/C21H27NO3S/c1-14(2)26-19-18(15-10-12-17(25-3)13-11-15)20(23)22(21(19)24)16-8-6-4-5-7-9-16/h10-14,16H,4-9H2,1-3H3.